The van der Waals surface area contributed by atoms with Crippen molar-refractivity contribution < 1.29 is 4.79 Å². The lowest BCUT2D eigenvalue weighted by atomic mass is 9.92. The molecule has 2 atom stereocenters. The van der Waals surface area contributed by atoms with E-state index >= 15 is 0 Å². The first-order chi connectivity index (χ1) is 10.2. The van der Waals surface area contributed by atoms with Gasteiger partial charge in [0.05, 0.1) is 0 Å². The molecule has 0 bridgehead atoms. The second-order valence-corrected chi connectivity index (χ2v) is 6.05. The predicted molar refractivity (Wildman–Crippen MR) is 86.2 cm³/mol. The monoisotopic (exact) mass is 282 g/mol. The number of piperidine rings is 1. The fourth-order valence-corrected chi connectivity index (χ4v) is 3.15. The van der Waals surface area contributed by atoms with Crippen LogP contribution in [-0.2, 0) is 0 Å². The molecule has 0 radical (unpaired) electrons. The van der Waals surface area contributed by atoms with Crippen molar-refractivity contribution >= 4 is 16.7 Å². The normalized spacial score (nSPS) is 22.5. The number of benzene rings is 2. The van der Waals surface area contributed by atoms with Crippen molar-refractivity contribution in [2.75, 3.05) is 13.1 Å². The Morgan fingerprint density at radius 3 is 2.71 bits per heavy atom. The quantitative estimate of drug-likeness (QED) is 0.920. The van der Waals surface area contributed by atoms with Crippen LogP contribution in [0, 0.1) is 5.92 Å². The summed E-state index contributed by atoms with van der Waals surface area (Å²) in [5.74, 6) is 0.567. The Morgan fingerprint density at radius 2 is 1.95 bits per heavy atom. The maximum absolute atomic E-state index is 12.8. The molecule has 1 amide bonds. The lowest BCUT2D eigenvalue weighted by molar-refractivity contribution is 0.0567. The standard InChI is InChI=1S/C18H22N2O/c1-13-6-7-14(11-19)12-20(13)18(21)17-9-8-15-4-2-3-5-16(15)10-17/h2-5,8-10,13-14H,6-7,11-12,19H2,1H3. The van der Waals surface area contributed by atoms with Crippen LogP contribution in [0.2, 0.25) is 0 Å². The van der Waals surface area contributed by atoms with E-state index in [9.17, 15) is 4.79 Å². The number of hydrogen-bond donors (Lipinski definition) is 1. The van der Waals surface area contributed by atoms with Crippen molar-refractivity contribution in [3.63, 3.8) is 0 Å². The van der Waals surface area contributed by atoms with Gasteiger partial charge in [-0.25, -0.2) is 0 Å². The van der Waals surface area contributed by atoms with Gasteiger partial charge in [-0.3, -0.25) is 4.79 Å². The van der Waals surface area contributed by atoms with Gasteiger partial charge in [0.25, 0.3) is 5.91 Å². The molecule has 2 aromatic rings. The largest absolute Gasteiger partial charge is 0.336 e. The van der Waals surface area contributed by atoms with Crippen molar-refractivity contribution in [1.82, 2.24) is 4.90 Å². The first kappa shape index (κ1) is 14.1. The van der Waals surface area contributed by atoms with Gasteiger partial charge < -0.3 is 10.6 Å². The summed E-state index contributed by atoms with van der Waals surface area (Å²) >= 11 is 0. The van der Waals surface area contributed by atoms with Gasteiger partial charge in [0.1, 0.15) is 0 Å². The minimum atomic E-state index is 0.131. The van der Waals surface area contributed by atoms with E-state index in [0.717, 1.165) is 30.3 Å². The summed E-state index contributed by atoms with van der Waals surface area (Å²) < 4.78 is 0. The minimum absolute atomic E-state index is 0.131. The maximum atomic E-state index is 12.8. The van der Waals surface area contributed by atoms with Gasteiger partial charge in [0.15, 0.2) is 0 Å². The number of nitrogens with zero attached hydrogens (tertiary/aromatic N) is 1. The zero-order valence-electron chi connectivity index (χ0n) is 12.5. The van der Waals surface area contributed by atoms with Gasteiger partial charge in [-0.15, -0.1) is 0 Å². The van der Waals surface area contributed by atoms with Gasteiger partial charge in [0.2, 0.25) is 0 Å². The van der Waals surface area contributed by atoms with Gasteiger partial charge >= 0.3 is 0 Å². The van der Waals surface area contributed by atoms with Crippen molar-refractivity contribution in [2.45, 2.75) is 25.8 Å². The molecule has 0 saturated carbocycles. The number of likely N-dealkylation sites (tertiary alicyclic amines) is 1. The third-order valence-corrected chi connectivity index (χ3v) is 4.57. The Kier molecular flexibility index (Phi) is 3.93. The van der Waals surface area contributed by atoms with E-state index < -0.39 is 0 Å². The molecule has 1 fully saturated rings. The van der Waals surface area contributed by atoms with Gasteiger partial charge in [-0.05, 0) is 55.1 Å². The predicted octanol–water partition coefficient (Wildman–Crippen LogP) is 3.04. The van der Waals surface area contributed by atoms with Gasteiger partial charge in [0, 0.05) is 18.2 Å². The first-order valence-electron chi connectivity index (χ1n) is 7.69. The highest BCUT2D eigenvalue weighted by molar-refractivity contribution is 5.98. The number of carbonyl (C=O) groups is 1. The highest BCUT2D eigenvalue weighted by Gasteiger charge is 2.28. The molecule has 1 heterocycles. The molecule has 0 aliphatic carbocycles. The minimum Gasteiger partial charge on any atom is -0.336 e. The van der Waals surface area contributed by atoms with Crippen LogP contribution in [0.3, 0.4) is 0 Å². The molecule has 0 spiro atoms. The number of rotatable bonds is 2. The van der Waals surface area contributed by atoms with Crippen molar-refractivity contribution in [3.8, 4) is 0 Å². The van der Waals surface area contributed by atoms with E-state index in [1.165, 1.54) is 5.39 Å². The SMILES string of the molecule is CC1CCC(CN)CN1C(=O)c1ccc2ccccc2c1. The highest BCUT2D eigenvalue weighted by Crippen LogP contribution is 2.24. The third-order valence-electron chi connectivity index (χ3n) is 4.57. The second kappa shape index (κ2) is 5.86. The average molecular weight is 282 g/mol. The van der Waals surface area contributed by atoms with E-state index in [-0.39, 0.29) is 5.91 Å². The van der Waals surface area contributed by atoms with Crippen LogP contribution in [0.4, 0.5) is 0 Å². The maximum Gasteiger partial charge on any atom is 0.254 e. The number of fused-ring (bicyclic) bond motifs is 1. The number of hydrogen-bond acceptors (Lipinski definition) is 2. The Morgan fingerprint density at radius 1 is 1.19 bits per heavy atom. The van der Waals surface area contributed by atoms with Crippen LogP contribution < -0.4 is 5.73 Å². The Balaban J connectivity index is 1.88. The molecule has 1 aliphatic rings. The van der Waals surface area contributed by atoms with Crippen LogP contribution in [0.1, 0.15) is 30.1 Å². The van der Waals surface area contributed by atoms with Crippen molar-refractivity contribution in [1.29, 1.82) is 0 Å². The summed E-state index contributed by atoms with van der Waals surface area (Å²) in [5.41, 5.74) is 6.56. The molecule has 1 saturated heterocycles. The topological polar surface area (TPSA) is 46.3 Å². The zero-order valence-corrected chi connectivity index (χ0v) is 12.5. The van der Waals surface area contributed by atoms with Crippen molar-refractivity contribution in [3.05, 3.63) is 48.0 Å². The zero-order chi connectivity index (χ0) is 14.8. The highest BCUT2D eigenvalue weighted by atomic mass is 16.2. The van der Waals surface area contributed by atoms with E-state index in [0.29, 0.717) is 18.5 Å². The van der Waals surface area contributed by atoms with E-state index in [1.807, 2.05) is 35.2 Å². The third kappa shape index (κ3) is 2.79. The summed E-state index contributed by atoms with van der Waals surface area (Å²) in [5, 5.41) is 2.28. The van der Waals surface area contributed by atoms with E-state index in [4.69, 9.17) is 5.73 Å². The smallest absolute Gasteiger partial charge is 0.254 e. The Labute approximate surface area is 125 Å². The number of carbonyl (C=O) groups excluding carboxylic acids is 1. The Hall–Kier alpha value is -1.87. The summed E-state index contributed by atoms with van der Waals surface area (Å²) in [6.07, 6.45) is 2.17. The average Bonchev–Trinajstić information content (AvgIpc) is 2.54. The second-order valence-electron chi connectivity index (χ2n) is 6.05. The fourth-order valence-electron chi connectivity index (χ4n) is 3.15. The summed E-state index contributed by atoms with van der Waals surface area (Å²) in [4.78, 5) is 14.8. The summed E-state index contributed by atoms with van der Waals surface area (Å²) in [6.45, 7) is 3.57. The lowest BCUT2D eigenvalue weighted by Gasteiger charge is -2.37. The Bertz CT molecular complexity index is 652. The van der Waals surface area contributed by atoms with Gasteiger partial charge in [-0.2, -0.15) is 0 Å². The molecule has 3 rings (SSSR count). The summed E-state index contributed by atoms with van der Waals surface area (Å²) in [6, 6.07) is 14.4. The molecule has 2 unspecified atom stereocenters. The molecule has 3 nitrogen and oxygen atoms in total. The van der Waals surface area contributed by atoms with Crippen LogP contribution in [0.5, 0.6) is 0 Å². The number of amides is 1. The van der Waals surface area contributed by atoms with E-state index in [2.05, 4.69) is 19.1 Å². The molecule has 21 heavy (non-hydrogen) atoms. The van der Waals surface area contributed by atoms with Crippen LogP contribution in [-0.4, -0.2) is 29.9 Å². The van der Waals surface area contributed by atoms with Crippen LogP contribution in [0.15, 0.2) is 42.5 Å². The van der Waals surface area contributed by atoms with Gasteiger partial charge in [-0.1, -0.05) is 30.3 Å². The van der Waals surface area contributed by atoms with E-state index in [1.54, 1.807) is 0 Å². The molecule has 2 N–H and O–H groups in total. The first-order valence-corrected chi connectivity index (χ1v) is 7.69. The number of nitrogens with two attached hydrogens (primary N) is 1. The van der Waals surface area contributed by atoms with Crippen LogP contribution >= 0.6 is 0 Å². The molecule has 2 aromatic carbocycles. The fraction of sp³-hybridized carbons (Fsp3) is 0.389. The van der Waals surface area contributed by atoms with Crippen molar-refractivity contribution in [2.24, 2.45) is 11.7 Å². The lowest BCUT2D eigenvalue weighted by Crippen LogP contribution is -2.47. The molecule has 1 aliphatic heterocycles. The molecule has 0 aromatic heterocycles. The van der Waals surface area contributed by atoms with Crippen LogP contribution in [0.25, 0.3) is 10.8 Å². The molecular formula is C18H22N2O. The molecular weight excluding hydrogens is 260 g/mol. The summed E-state index contributed by atoms with van der Waals surface area (Å²) in [7, 11) is 0. The molecule has 110 valence electrons. The molecule has 3 heteroatoms.